The lowest BCUT2D eigenvalue weighted by Crippen LogP contribution is -2.25. The SMILES string of the molecule is CC1CCCN(c2cc(N)ccn2)CC1. The third kappa shape index (κ3) is 2.61. The fraction of sp³-hybridized carbons (Fsp3) is 0.583. The molecule has 3 heteroatoms. The Balaban J connectivity index is 2.09. The maximum atomic E-state index is 5.76. The average Bonchev–Trinajstić information content (AvgIpc) is 2.43. The van der Waals surface area contributed by atoms with Crippen LogP contribution in [0, 0.1) is 5.92 Å². The van der Waals surface area contributed by atoms with E-state index in [1.807, 2.05) is 12.1 Å². The Morgan fingerprint density at radius 3 is 3.07 bits per heavy atom. The van der Waals surface area contributed by atoms with Gasteiger partial charge in [-0.1, -0.05) is 6.92 Å². The van der Waals surface area contributed by atoms with Gasteiger partial charge in [0.15, 0.2) is 0 Å². The van der Waals surface area contributed by atoms with E-state index in [-0.39, 0.29) is 0 Å². The van der Waals surface area contributed by atoms with E-state index in [0.717, 1.165) is 30.5 Å². The van der Waals surface area contributed by atoms with E-state index < -0.39 is 0 Å². The van der Waals surface area contributed by atoms with Gasteiger partial charge in [0.25, 0.3) is 0 Å². The molecule has 0 aromatic carbocycles. The van der Waals surface area contributed by atoms with Crippen LogP contribution < -0.4 is 10.6 Å². The number of rotatable bonds is 1. The Hall–Kier alpha value is -1.25. The van der Waals surface area contributed by atoms with Crippen LogP contribution in [0.15, 0.2) is 18.3 Å². The van der Waals surface area contributed by atoms with Crippen molar-refractivity contribution in [1.82, 2.24) is 4.98 Å². The molecule has 1 atom stereocenters. The molecule has 82 valence electrons. The molecule has 1 saturated heterocycles. The molecule has 3 nitrogen and oxygen atoms in total. The normalized spacial score (nSPS) is 22.5. The lowest BCUT2D eigenvalue weighted by Gasteiger charge is -2.21. The van der Waals surface area contributed by atoms with Gasteiger partial charge < -0.3 is 10.6 Å². The molecule has 2 heterocycles. The van der Waals surface area contributed by atoms with Gasteiger partial charge in [-0.3, -0.25) is 0 Å². The van der Waals surface area contributed by atoms with Crippen LogP contribution in [-0.2, 0) is 0 Å². The highest BCUT2D eigenvalue weighted by Gasteiger charge is 2.14. The molecule has 1 aliphatic rings. The van der Waals surface area contributed by atoms with Crippen molar-refractivity contribution < 1.29 is 0 Å². The van der Waals surface area contributed by atoms with Crippen molar-refractivity contribution in [3.63, 3.8) is 0 Å². The zero-order chi connectivity index (χ0) is 10.7. The molecule has 0 bridgehead atoms. The maximum Gasteiger partial charge on any atom is 0.130 e. The molecule has 1 aliphatic heterocycles. The summed E-state index contributed by atoms with van der Waals surface area (Å²) in [5.74, 6) is 1.88. The van der Waals surface area contributed by atoms with Crippen LogP contribution in [0.4, 0.5) is 11.5 Å². The summed E-state index contributed by atoms with van der Waals surface area (Å²) in [6, 6.07) is 3.81. The monoisotopic (exact) mass is 205 g/mol. The minimum atomic E-state index is 0.803. The Labute approximate surface area is 91.3 Å². The molecule has 0 saturated carbocycles. The van der Waals surface area contributed by atoms with Crippen molar-refractivity contribution in [2.24, 2.45) is 5.92 Å². The molecule has 2 N–H and O–H groups in total. The number of hydrogen-bond donors (Lipinski definition) is 1. The van der Waals surface area contributed by atoms with Gasteiger partial charge in [-0.05, 0) is 31.2 Å². The predicted octanol–water partition coefficient (Wildman–Crippen LogP) is 2.29. The molecule has 0 aliphatic carbocycles. The first kappa shape index (κ1) is 10.3. The van der Waals surface area contributed by atoms with Gasteiger partial charge in [-0.25, -0.2) is 4.98 Å². The number of aromatic nitrogens is 1. The predicted molar refractivity (Wildman–Crippen MR) is 63.9 cm³/mol. The minimum Gasteiger partial charge on any atom is -0.399 e. The summed E-state index contributed by atoms with van der Waals surface area (Å²) in [4.78, 5) is 6.72. The highest BCUT2D eigenvalue weighted by Crippen LogP contribution is 2.21. The van der Waals surface area contributed by atoms with E-state index in [0.29, 0.717) is 0 Å². The summed E-state index contributed by atoms with van der Waals surface area (Å²) in [7, 11) is 0. The van der Waals surface area contributed by atoms with Gasteiger partial charge in [0.2, 0.25) is 0 Å². The first-order valence-electron chi connectivity index (χ1n) is 5.72. The smallest absolute Gasteiger partial charge is 0.130 e. The highest BCUT2D eigenvalue weighted by atomic mass is 15.2. The summed E-state index contributed by atoms with van der Waals surface area (Å²) in [6.07, 6.45) is 5.64. The number of pyridine rings is 1. The summed E-state index contributed by atoms with van der Waals surface area (Å²) in [5.41, 5.74) is 6.57. The molecule has 2 rings (SSSR count). The van der Waals surface area contributed by atoms with Gasteiger partial charge in [0.1, 0.15) is 5.82 Å². The Bertz CT molecular complexity index is 324. The van der Waals surface area contributed by atoms with Gasteiger partial charge in [0.05, 0.1) is 0 Å². The molecule has 0 radical (unpaired) electrons. The highest BCUT2D eigenvalue weighted by molar-refractivity contribution is 5.50. The van der Waals surface area contributed by atoms with Crippen molar-refractivity contribution in [3.8, 4) is 0 Å². The molecule has 0 spiro atoms. The fourth-order valence-corrected chi connectivity index (χ4v) is 2.10. The largest absolute Gasteiger partial charge is 0.399 e. The molecule has 1 fully saturated rings. The van der Waals surface area contributed by atoms with Gasteiger partial charge in [-0.15, -0.1) is 0 Å². The van der Waals surface area contributed by atoms with Crippen LogP contribution in [-0.4, -0.2) is 18.1 Å². The number of nitrogens with zero attached hydrogens (tertiary/aromatic N) is 2. The second kappa shape index (κ2) is 4.51. The molecule has 0 amide bonds. The molecular formula is C12H19N3. The van der Waals surface area contributed by atoms with Crippen molar-refractivity contribution in [2.75, 3.05) is 23.7 Å². The fourth-order valence-electron chi connectivity index (χ4n) is 2.10. The van der Waals surface area contributed by atoms with Crippen LogP contribution in [0.5, 0.6) is 0 Å². The van der Waals surface area contributed by atoms with Crippen LogP contribution >= 0.6 is 0 Å². The lowest BCUT2D eigenvalue weighted by molar-refractivity contribution is 0.521. The van der Waals surface area contributed by atoms with Gasteiger partial charge in [-0.2, -0.15) is 0 Å². The maximum absolute atomic E-state index is 5.76. The molecule has 15 heavy (non-hydrogen) atoms. The zero-order valence-corrected chi connectivity index (χ0v) is 9.32. The molecule has 1 aromatic heterocycles. The Morgan fingerprint density at radius 1 is 1.40 bits per heavy atom. The standard InChI is InChI=1S/C12H19N3/c1-10-3-2-7-15(8-5-10)12-9-11(13)4-6-14-12/h4,6,9-10H,2-3,5,7-8H2,1H3,(H2,13,14). The van der Waals surface area contributed by atoms with E-state index in [9.17, 15) is 0 Å². The first-order valence-corrected chi connectivity index (χ1v) is 5.72. The summed E-state index contributed by atoms with van der Waals surface area (Å²) in [6.45, 7) is 4.55. The summed E-state index contributed by atoms with van der Waals surface area (Å²) >= 11 is 0. The molecular weight excluding hydrogens is 186 g/mol. The summed E-state index contributed by atoms with van der Waals surface area (Å²) < 4.78 is 0. The third-order valence-electron chi connectivity index (χ3n) is 3.11. The second-order valence-electron chi connectivity index (χ2n) is 4.47. The van der Waals surface area contributed by atoms with Gasteiger partial charge >= 0.3 is 0 Å². The topological polar surface area (TPSA) is 42.1 Å². The lowest BCUT2D eigenvalue weighted by atomic mass is 10.0. The molecule has 1 unspecified atom stereocenters. The van der Waals surface area contributed by atoms with Crippen molar-refractivity contribution >= 4 is 11.5 Å². The van der Waals surface area contributed by atoms with Crippen molar-refractivity contribution in [2.45, 2.75) is 26.2 Å². The number of hydrogen-bond acceptors (Lipinski definition) is 3. The second-order valence-corrected chi connectivity index (χ2v) is 4.47. The van der Waals surface area contributed by atoms with E-state index in [2.05, 4.69) is 16.8 Å². The Morgan fingerprint density at radius 2 is 2.27 bits per heavy atom. The average molecular weight is 205 g/mol. The van der Waals surface area contributed by atoms with Crippen molar-refractivity contribution in [3.05, 3.63) is 18.3 Å². The quantitative estimate of drug-likeness (QED) is 0.765. The molecule has 1 aromatic rings. The zero-order valence-electron chi connectivity index (χ0n) is 9.32. The van der Waals surface area contributed by atoms with Crippen molar-refractivity contribution in [1.29, 1.82) is 0 Å². The van der Waals surface area contributed by atoms with Crippen LogP contribution in [0.1, 0.15) is 26.2 Å². The van der Waals surface area contributed by atoms with Crippen LogP contribution in [0.2, 0.25) is 0 Å². The van der Waals surface area contributed by atoms with E-state index >= 15 is 0 Å². The van der Waals surface area contributed by atoms with E-state index in [1.54, 1.807) is 6.20 Å². The summed E-state index contributed by atoms with van der Waals surface area (Å²) in [5, 5.41) is 0. The first-order chi connectivity index (χ1) is 7.25. The Kier molecular flexibility index (Phi) is 3.09. The van der Waals surface area contributed by atoms with Crippen LogP contribution in [0.25, 0.3) is 0 Å². The third-order valence-corrected chi connectivity index (χ3v) is 3.11. The minimum absolute atomic E-state index is 0.803. The number of nitrogens with two attached hydrogens (primary N) is 1. The van der Waals surface area contributed by atoms with Gasteiger partial charge in [0, 0.05) is 31.0 Å². The number of nitrogen functional groups attached to an aromatic ring is 1. The number of anilines is 2. The van der Waals surface area contributed by atoms with E-state index in [1.165, 1.54) is 19.3 Å². The van der Waals surface area contributed by atoms with Crippen LogP contribution in [0.3, 0.4) is 0 Å². The van der Waals surface area contributed by atoms with E-state index in [4.69, 9.17) is 5.73 Å².